The highest BCUT2D eigenvalue weighted by molar-refractivity contribution is 6.00. The van der Waals surface area contributed by atoms with Gasteiger partial charge in [-0.2, -0.15) is 0 Å². The van der Waals surface area contributed by atoms with Gasteiger partial charge in [-0.05, 0) is 63.2 Å². The minimum atomic E-state index is -1.22. The van der Waals surface area contributed by atoms with Crippen molar-refractivity contribution in [2.45, 2.75) is 81.8 Å². The summed E-state index contributed by atoms with van der Waals surface area (Å²) < 4.78 is 0. The molecule has 1 aliphatic carbocycles. The highest BCUT2D eigenvalue weighted by atomic mass is 16.4. The third-order valence-corrected chi connectivity index (χ3v) is 8.78. The van der Waals surface area contributed by atoms with Gasteiger partial charge in [-0.25, -0.2) is 4.79 Å². The molecule has 1 saturated carbocycles. The number of hydrogen-bond acceptors (Lipinski definition) is 5. The average molecular weight is 538 g/mol. The minimum Gasteiger partial charge on any atom is -0.480 e. The van der Waals surface area contributed by atoms with Crippen molar-refractivity contribution in [1.29, 1.82) is 0 Å². The maximum Gasteiger partial charge on any atom is 0.326 e. The molecule has 2 saturated heterocycles. The molecule has 3 aliphatic rings. The topological polar surface area (TPSA) is 152 Å². The molecule has 2 aromatic rings. The number of carbonyl (C=O) groups excluding carboxylic acids is 3. The van der Waals surface area contributed by atoms with Crippen molar-refractivity contribution in [3.8, 4) is 0 Å². The number of fused-ring (bicyclic) bond motifs is 1. The lowest BCUT2D eigenvalue weighted by molar-refractivity contribution is -0.143. The van der Waals surface area contributed by atoms with Gasteiger partial charge >= 0.3 is 5.97 Å². The molecule has 3 fully saturated rings. The Kier molecular flexibility index (Phi) is 8.20. The number of nitrogens with one attached hydrogen (secondary N) is 5. The van der Waals surface area contributed by atoms with Gasteiger partial charge in [0, 0.05) is 22.4 Å². The first-order chi connectivity index (χ1) is 18.8. The van der Waals surface area contributed by atoms with Crippen molar-refractivity contribution in [2.75, 3.05) is 13.1 Å². The predicted molar refractivity (Wildman–Crippen MR) is 146 cm³/mol. The van der Waals surface area contributed by atoms with Gasteiger partial charge in [0.25, 0.3) is 5.91 Å². The number of carboxylic acids is 1. The van der Waals surface area contributed by atoms with Gasteiger partial charge in [0.1, 0.15) is 17.8 Å². The van der Waals surface area contributed by atoms with Crippen LogP contribution in [0.1, 0.15) is 74.7 Å². The quantitative estimate of drug-likeness (QED) is 0.289. The number of para-hydroxylation sites is 1. The van der Waals surface area contributed by atoms with Gasteiger partial charge in [0.2, 0.25) is 11.8 Å². The summed E-state index contributed by atoms with van der Waals surface area (Å²) in [5.74, 6) is -2.46. The molecule has 210 valence electrons. The molecule has 0 radical (unpaired) electrons. The third-order valence-electron chi connectivity index (χ3n) is 8.78. The molecule has 1 aromatic carbocycles. The molecule has 3 heterocycles. The van der Waals surface area contributed by atoms with E-state index in [0.717, 1.165) is 68.9 Å². The number of aromatic nitrogens is 1. The van der Waals surface area contributed by atoms with Gasteiger partial charge in [-0.3, -0.25) is 14.4 Å². The summed E-state index contributed by atoms with van der Waals surface area (Å²) in [6, 6.07) is 7.20. The number of amides is 3. The summed E-state index contributed by atoms with van der Waals surface area (Å²) in [6.45, 7) is 1.62. The highest BCUT2D eigenvalue weighted by Crippen LogP contribution is 2.35. The van der Waals surface area contributed by atoms with Crippen molar-refractivity contribution < 1.29 is 24.3 Å². The zero-order chi connectivity index (χ0) is 27.4. The first-order valence-electron chi connectivity index (χ1n) is 14.3. The standard InChI is InChI=1S/C29H39N5O5/c35-25-20(17-29(34-25)10-12-30-13-11-29)16-24(28(38)39)33-26(36)22(14-18-6-2-1-3-7-18)32-27(37)23-15-19-8-4-5-9-21(19)31-23/h4-5,8-9,15,18,20,22,24,30-31H,1-3,6-7,10-14,16-17H2,(H,32,37)(H,33,36)(H,34,35)(H,38,39)/t20?,22-,24?/m0/s1. The Labute approximate surface area is 228 Å². The summed E-state index contributed by atoms with van der Waals surface area (Å²) in [4.78, 5) is 54.8. The molecule has 0 bridgehead atoms. The number of benzene rings is 1. The second-order valence-electron chi connectivity index (χ2n) is 11.6. The molecule has 2 aliphatic heterocycles. The van der Waals surface area contributed by atoms with E-state index in [1.165, 1.54) is 0 Å². The Morgan fingerprint density at radius 3 is 2.46 bits per heavy atom. The molecule has 3 atom stereocenters. The monoisotopic (exact) mass is 537 g/mol. The van der Waals surface area contributed by atoms with Crippen LogP contribution >= 0.6 is 0 Å². The molecule has 6 N–H and O–H groups in total. The SMILES string of the molecule is O=C(N[C@@H](CC1CCCCC1)C(=O)NC(CC1CC2(CCNCC2)NC1=O)C(=O)O)c1cc2ccccc2[nH]1. The maximum atomic E-state index is 13.5. The number of hydrogen-bond donors (Lipinski definition) is 6. The molecule has 1 spiro atoms. The Morgan fingerprint density at radius 2 is 1.74 bits per heavy atom. The first-order valence-corrected chi connectivity index (χ1v) is 14.3. The van der Waals surface area contributed by atoms with Crippen LogP contribution in [0.15, 0.2) is 30.3 Å². The normalized spacial score (nSPS) is 22.8. The molecule has 10 nitrogen and oxygen atoms in total. The van der Waals surface area contributed by atoms with E-state index in [-0.39, 0.29) is 23.8 Å². The van der Waals surface area contributed by atoms with Crippen LogP contribution in [0, 0.1) is 11.8 Å². The zero-order valence-corrected chi connectivity index (χ0v) is 22.3. The van der Waals surface area contributed by atoms with E-state index in [1.54, 1.807) is 6.07 Å². The van der Waals surface area contributed by atoms with Gasteiger partial charge in [-0.15, -0.1) is 0 Å². The second-order valence-corrected chi connectivity index (χ2v) is 11.6. The molecule has 3 amide bonds. The van der Waals surface area contributed by atoms with E-state index in [0.29, 0.717) is 18.5 Å². The van der Waals surface area contributed by atoms with E-state index in [4.69, 9.17) is 0 Å². The fourth-order valence-electron chi connectivity index (χ4n) is 6.60. The van der Waals surface area contributed by atoms with Crippen molar-refractivity contribution in [1.82, 2.24) is 26.3 Å². The van der Waals surface area contributed by atoms with E-state index >= 15 is 0 Å². The molecule has 1 aromatic heterocycles. The van der Waals surface area contributed by atoms with Crippen molar-refractivity contribution in [2.24, 2.45) is 11.8 Å². The lowest BCUT2D eigenvalue weighted by Gasteiger charge is -2.33. The van der Waals surface area contributed by atoms with E-state index in [1.807, 2.05) is 24.3 Å². The number of aromatic amines is 1. The largest absolute Gasteiger partial charge is 0.480 e. The smallest absolute Gasteiger partial charge is 0.326 e. The number of aliphatic carboxylic acids is 1. The van der Waals surface area contributed by atoms with Crippen LogP contribution in [0.3, 0.4) is 0 Å². The molecule has 2 unspecified atom stereocenters. The fourth-order valence-corrected chi connectivity index (χ4v) is 6.60. The first kappa shape index (κ1) is 27.2. The molecular formula is C29H39N5O5. The van der Waals surface area contributed by atoms with E-state index < -0.39 is 35.8 Å². The lowest BCUT2D eigenvalue weighted by Crippen LogP contribution is -2.53. The highest BCUT2D eigenvalue weighted by Gasteiger charge is 2.46. The van der Waals surface area contributed by atoms with Crippen LogP contribution in [-0.2, 0) is 14.4 Å². The number of rotatable bonds is 9. The lowest BCUT2D eigenvalue weighted by atomic mass is 9.82. The van der Waals surface area contributed by atoms with Crippen LogP contribution in [0.25, 0.3) is 10.9 Å². The fraction of sp³-hybridized carbons (Fsp3) is 0.586. The van der Waals surface area contributed by atoms with E-state index in [9.17, 15) is 24.3 Å². The van der Waals surface area contributed by atoms with Crippen molar-refractivity contribution in [3.63, 3.8) is 0 Å². The Morgan fingerprint density at radius 1 is 1.00 bits per heavy atom. The molecule has 39 heavy (non-hydrogen) atoms. The number of carboxylic acid groups (broad SMARTS) is 1. The van der Waals surface area contributed by atoms with Crippen LogP contribution in [-0.4, -0.2) is 64.5 Å². The number of carbonyl (C=O) groups is 4. The Balaban J connectivity index is 1.28. The summed E-state index contributed by atoms with van der Waals surface area (Å²) in [5, 5.41) is 22.8. The van der Waals surface area contributed by atoms with Crippen LogP contribution in [0.2, 0.25) is 0 Å². The summed E-state index contributed by atoms with van der Waals surface area (Å²) in [6.07, 6.45) is 7.94. The van der Waals surface area contributed by atoms with Gasteiger partial charge in [-0.1, -0.05) is 50.3 Å². The Hall–Kier alpha value is -3.40. The summed E-state index contributed by atoms with van der Waals surface area (Å²) >= 11 is 0. The summed E-state index contributed by atoms with van der Waals surface area (Å²) in [5.41, 5.74) is 0.877. The Bertz CT molecular complexity index is 1180. The second kappa shape index (κ2) is 11.8. The molecule has 10 heteroatoms. The van der Waals surface area contributed by atoms with Crippen molar-refractivity contribution >= 4 is 34.6 Å². The maximum absolute atomic E-state index is 13.5. The van der Waals surface area contributed by atoms with Crippen LogP contribution in [0.4, 0.5) is 0 Å². The van der Waals surface area contributed by atoms with E-state index in [2.05, 4.69) is 26.3 Å². The number of H-pyrrole nitrogens is 1. The van der Waals surface area contributed by atoms with Gasteiger partial charge < -0.3 is 31.4 Å². The number of piperidine rings is 1. The van der Waals surface area contributed by atoms with Gasteiger partial charge in [0.15, 0.2) is 0 Å². The zero-order valence-electron chi connectivity index (χ0n) is 22.3. The van der Waals surface area contributed by atoms with Crippen molar-refractivity contribution in [3.05, 3.63) is 36.0 Å². The predicted octanol–water partition coefficient (Wildman–Crippen LogP) is 2.45. The van der Waals surface area contributed by atoms with Crippen LogP contribution in [0.5, 0.6) is 0 Å². The van der Waals surface area contributed by atoms with Crippen LogP contribution < -0.4 is 21.3 Å². The summed E-state index contributed by atoms with van der Waals surface area (Å²) in [7, 11) is 0. The molecular weight excluding hydrogens is 498 g/mol. The minimum absolute atomic E-state index is 0.0220. The third kappa shape index (κ3) is 6.43. The molecule has 5 rings (SSSR count). The average Bonchev–Trinajstić information content (AvgIpc) is 3.49. The van der Waals surface area contributed by atoms with Gasteiger partial charge in [0.05, 0.1) is 0 Å².